The summed E-state index contributed by atoms with van der Waals surface area (Å²) in [5.74, 6) is -0.0154. The highest BCUT2D eigenvalue weighted by atomic mass is 16.5. The highest BCUT2D eigenvalue weighted by Gasteiger charge is 2.22. The summed E-state index contributed by atoms with van der Waals surface area (Å²) in [4.78, 5) is 14.3. The maximum atomic E-state index is 12.1. The number of hydrogen-bond acceptors (Lipinski definition) is 4. The van der Waals surface area contributed by atoms with Crippen molar-refractivity contribution in [3.63, 3.8) is 0 Å². The largest absolute Gasteiger partial charge is 0.375 e. The number of nitrogens with one attached hydrogen (secondary N) is 1. The highest BCUT2D eigenvalue weighted by molar-refractivity contribution is 5.91. The molecule has 1 aliphatic rings. The zero-order chi connectivity index (χ0) is 16.1. The topological polar surface area (TPSA) is 59.4 Å². The summed E-state index contributed by atoms with van der Waals surface area (Å²) in [6.45, 7) is 2.60. The van der Waals surface area contributed by atoms with Crippen molar-refractivity contribution in [2.75, 3.05) is 31.6 Å². The van der Waals surface area contributed by atoms with Crippen LogP contribution in [0.4, 0.5) is 5.69 Å². The van der Waals surface area contributed by atoms with Gasteiger partial charge in [0, 0.05) is 26.3 Å². The second-order valence-electron chi connectivity index (χ2n) is 5.87. The van der Waals surface area contributed by atoms with E-state index in [9.17, 15) is 4.79 Å². The lowest BCUT2D eigenvalue weighted by Crippen LogP contribution is -2.46. The number of aromatic nitrogens is 2. The predicted molar refractivity (Wildman–Crippen MR) is 88.2 cm³/mol. The van der Waals surface area contributed by atoms with Crippen molar-refractivity contribution >= 4 is 11.6 Å². The normalized spacial score (nSPS) is 18.7. The molecule has 0 bridgehead atoms. The van der Waals surface area contributed by atoms with Gasteiger partial charge in [-0.15, -0.1) is 0 Å². The summed E-state index contributed by atoms with van der Waals surface area (Å²) < 4.78 is 7.50. The van der Waals surface area contributed by atoms with Crippen LogP contribution in [0, 0.1) is 0 Å². The lowest BCUT2D eigenvalue weighted by Gasteiger charge is -2.32. The molecule has 1 atom stereocenters. The molecule has 6 nitrogen and oxygen atoms in total. The van der Waals surface area contributed by atoms with Crippen LogP contribution in [0.2, 0.25) is 0 Å². The number of aryl methyl sites for hydroxylation is 1. The average Bonchev–Trinajstić information content (AvgIpc) is 2.93. The number of anilines is 1. The first-order valence-corrected chi connectivity index (χ1v) is 7.85. The molecule has 0 saturated carbocycles. The van der Waals surface area contributed by atoms with Crippen LogP contribution in [0.25, 0.3) is 0 Å². The SMILES string of the molecule is Cn1cc(NC(=O)CN2CCO[C@H](Cc3ccccc3)C2)cn1. The molecule has 0 radical (unpaired) electrons. The van der Waals surface area contributed by atoms with E-state index in [-0.39, 0.29) is 12.0 Å². The van der Waals surface area contributed by atoms with Crippen LogP contribution in [0.15, 0.2) is 42.7 Å². The minimum Gasteiger partial charge on any atom is -0.375 e. The minimum absolute atomic E-state index is 0.0154. The molecule has 0 aliphatic carbocycles. The average molecular weight is 314 g/mol. The van der Waals surface area contributed by atoms with E-state index >= 15 is 0 Å². The molecule has 2 heterocycles. The Morgan fingerprint density at radius 2 is 2.22 bits per heavy atom. The second kappa shape index (κ2) is 7.39. The molecular weight excluding hydrogens is 292 g/mol. The lowest BCUT2D eigenvalue weighted by molar-refractivity contribution is -0.119. The van der Waals surface area contributed by atoms with Crippen LogP contribution in [0.3, 0.4) is 0 Å². The molecule has 23 heavy (non-hydrogen) atoms. The van der Waals surface area contributed by atoms with E-state index in [2.05, 4.69) is 27.4 Å². The van der Waals surface area contributed by atoms with Crippen molar-refractivity contribution in [2.24, 2.45) is 7.05 Å². The number of benzene rings is 1. The van der Waals surface area contributed by atoms with E-state index < -0.39 is 0 Å². The Morgan fingerprint density at radius 3 is 2.96 bits per heavy atom. The van der Waals surface area contributed by atoms with Crippen molar-refractivity contribution in [1.29, 1.82) is 0 Å². The first-order valence-electron chi connectivity index (χ1n) is 7.85. The molecule has 1 aliphatic heterocycles. The molecule has 0 spiro atoms. The predicted octanol–water partition coefficient (Wildman–Crippen LogP) is 1.30. The highest BCUT2D eigenvalue weighted by Crippen LogP contribution is 2.12. The Kier molecular flexibility index (Phi) is 5.05. The number of carbonyl (C=O) groups is 1. The molecular formula is C17H22N4O2. The molecule has 1 saturated heterocycles. The van der Waals surface area contributed by atoms with Crippen LogP contribution in [-0.2, 0) is 23.0 Å². The van der Waals surface area contributed by atoms with Crippen LogP contribution < -0.4 is 5.32 Å². The summed E-state index contributed by atoms with van der Waals surface area (Å²) in [5.41, 5.74) is 1.99. The Morgan fingerprint density at radius 1 is 1.39 bits per heavy atom. The molecule has 1 fully saturated rings. The van der Waals surface area contributed by atoms with E-state index in [1.54, 1.807) is 17.1 Å². The zero-order valence-corrected chi connectivity index (χ0v) is 13.3. The van der Waals surface area contributed by atoms with Crippen molar-refractivity contribution in [2.45, 2.75) is 12.5 Å². The van der Waals surface area contributed by atoms with Gasteiger partial charge in [-0.3, -0.25) is 14.4 Å². The third-order valence-corrected chi connectivity index (χ3v) is 3.88. The van der Waals surface area contributed by atoms with E-state index in [1.807, 2.05) is 25.2 Å². The number of nitrogens with zero attached hydrogens (tertiary/aromatic N) is 3. The van der Waals surface area contributed by atoms with Crippen molar-refractivity contribution < 1.29 is 9.53 Å². The molecule has 6 heteroatoms. The van der Waals surface area contributed by atoms with Gasteiger partial charge in [0.15, 0.2) is 0 Å². The summed E-state index contributed by atoms with van der Waals surface area (Å²) in [5, 5.41) is 6.91. The van der Waals surface area contributed by atoms with E-state index in [0.717, 1.165) is 25.2 Å². The van der Waals surface area contributed by atoms with Crippen LogP contribution in [0.5, 0.6) is 0 Å². The van der Waals surface area contributed by atoms with Gasteiger partial charge < -0.3 is 10.1 Å². The van der Waals surface area contributed by atoms with Crippen molar-refractivity contribution in [3.8, 4) is 0 Å². The molecule has 3 rings (SSSR count). The van der Waals surface area contributed by atoms with Gasteiger partial charge in [0.25, 0.3) is 0 Å². The Balaban J connectivity index is 1.49. The van der Waals surface area contributed by atoms with Gasteiger partial charge in [0.2, 0.25) is 5.91 Å². The minimum atomic E-state index is -0.0154. The van der Waals surface area contributed by atoms with Crippen molar-refractivity contribution in [1.82, 2.24) is 14.7 Å². The third kappa shape index (κ3) is 4.64. The maximum Gasteiger partial charge on any atom is 0.238 e. The summed E-state index contributed by atoms with van der Waals surface area (Å²) in [6.07, 6.45) is 4.45. The maximum absolute atomic E-state index is 12.1. The van der Waals surface area contributed by atoms with Gasteiger partial charge in [-0.1, -0.05) is 30.3 Å². The van der Waals surface area contributed by atoms with Crippen LogP contribution in [0.1, 0.15) is 5.56 Å². The van der Waals surface area contributed by atoms with Crippen molar-refractivity contribution in [3.05, 3.63) is 48.3 Å². The Hall–Kier alpha value is -2.18. The lowest BCUT2D eigenvalue weighted by atomic mass is 10.1. The first-order chi connectivity index (χ1) is 11.2. The van der Waals surface area contributed by atoms with E-state index in [1.165, 1.54) is 5.56 Å². The van der Waals surface area contributed by atoms with Gasteiger partial charge >= 0.3 is 0 Å². The number of ether oxygens (including phenoxy) is 1. The fourth-order valence-corrected chi connectivity index (χ4v) is 2.81. The van der Waals surface area contributed by atoms with Gasteiger partial charge in [-0.05, 0) is 12.0 Å². The van der Waals surface area contributed by atoms with Crippen LogP contribution >= 0.6 is 0 Å². The fraction of sp³-hybridized carbons (Fsp3) is 0.412. The van der Waals surface area contributed by atoms with Crippen LogP contribution in [-0.4, -0.2) is 52.9 Å². The number of hydrogen-bond donors (Lipinski definition) is 1. The monoisotopic (exact) mass is 314 g/mol. The molecule has 2 aromatic rings. The summed E-state index contributed by atoms with van der Waals surface area (Å²) in [7, 11) is 1.83. The fourth-order valence-electron chi connectivity index (χ4n) is 2.81. The molecule has 1 amide bonds. The first kappa shape index (κ1) is 15.7. The smallest absolute Gasteiger partial charge is 0.238 e. The molecule has 1 N–H and O–H groups in total. The number of morpholine rings is 1. The van der Waals surface area contributed by atoms with E-state index in [4.69, 9.17) is 4.74 Å². The molecule has 0 unspecified atom stereocenters. The molecule has 122 valence electrons. The van der Waals surface area contributed by atoms with Gasteiger partial charge in [0.05, 0.1) is 31.1 Å². The third-order valence-electron chi connectivity index (χ3n) is 3.88. The quantitative estimate of drug-likeness (QED) is 0.904. The number of rotatable bonds is 5. The van der Waals surface area contributed by atoms with Gasteiger partial charge in [0.1, 0.15) is 0 Å². The Labute approximate surface area is 136 Å². The summed E-state index contributed by atoms with van der Waals surface area (Å²) >= 11 is 0. The zero-order valence-electron chi connectivity index (χ0n) is 13.3. The van der Waals surface area contributed by atoms with Gasteiger partial charge in [-0.2, -0.15) is 5.10 Å². The number of amides is 1. The molecule has 1 aromatic carbocycles. The summed E-state index contributed by atoms with van der Waals surface area (Å²) in [6, 6.07) is 10.3. The second-order valence-corrected chi connectivity index (χ2v) is 5.87. The number of carbonyl (C=O) groups excluding carboxylic acids is 1. The molecule has 1 aromatic heterocycles. The standard InChI is InChI=1S/C17H22N4O2/c1-20-11-15(10-18-20)19-17(22)13-21-7-8-23-16(12-21)9-14-5-3-2-4-6-14/h2-6,10-11,16H,7-9,12-13H2,1H3,(H,19,22)/t16-/m1/s1. The van der Waals surface area contributed by atoms with Gasteiger partial charge in [-0.25, -0.2) is 0 Å². The Bertz CT molecular complexity index is 641. The van der Waals surface area contributed by atoms with E-state index in [0.29, 0.717) is 13.2 Å².